The number of likely N-dealkylation sites (tertiary alicyclic amines) is 1. The summed E-state index contributed by atoms with van der Waals surface area (Å²) < 4.78 is 0. The van der Waals surface area contributed by atoms with Crippen LogP contribution in [0, 0.1) is 0 Å². The molecule has 1 aromatic carbocycles. The van der Waals surface area contributed by atoms with Crippen LogP contribution in [-0.2, 0) is 0 Å². The van der Waals surface area contributed by atoms with Crippen LogP contribution in [-0.4, -0.2) is 37.1 Å². The van der Waals surface area contributed by atoms with Crippen molar-refractivity contribution in [2.75, 3.05) is 26.2 Å². The van der Waals surface area contributed by atoms with Crippen molar-refractivity contribution in [3.63, 3.8) is 0 Å². The van der Waals surface area contributed by atoms with Gasteiger partial charge in [-0.25, -0.2) is 0 Å². The standard InChI is InChI=1S/C16H26N2/c1-3-17-16-10-12-18(13-16)11-9-14(2)15-7-5-4-6-8-15/h4-8,14,16-17H,3,9-13H2,1-2H3. The third-order valence-electron chi connectivity index (χ3n) is 4.01. The molecule has 2 unspecified atom stereocenters. The van der Waals surface area contributed by atoms with Crippen molar-refractivity contribution in [2.24, 2.45) is 0 Å². The maximum atomic E-state index is 3.55. The number of nitrogens with zero attached hydrogens (tertiary/aromatic N) is 1. The minimum Gasteiger partial charge on any atom is -0.313 e. The molecule has 18 heavy (non-hydrogen) atoms. The van der Waals surface area contributed by atoms with E-state index in [-0.39, 0.29) is 0 Å². The SMILES string of the molecule is CCNC1CCN(CCC(C)c2ccccc2)C1. The van der Waals surface area contributed by atoms with Crippen molar-refractivity contribution in [1.29, 1.82) is 0 Å². The Hall–Kier alpha value is -0.860. The highest BCUT2D eigenvalue weighted by molar-refractivity contribution is 5.18. The zero-order chi connectivity index (χ0) is 12.8. The first-order valence-corrected chi connectivity index (χ1v) is 7.30. The molecule has 1 fully saturated rings. The van der Waals surface area contributed by atoms with E-state index < -0.39 is 0 Å². The molecule has 1 aromatic rings. The lowest BCUT2D eigenvalue weighted by molar-refractivity contribution is 0.315. The highest BCUT2D eigenvalue weighted by atomic mass is 15.2. The van der Waals surface area contributed by atoms with Crippen LogP contribution < -0.4 is 5.32 Å². The molecule has 1 heterocycles. The topological polar surface area (TPSA) is 15.3 Å². The molecule has 2 rings (SSSR count). The Bertz CT molecular complexity index is 336. The maximum Gasteiger partial charge on any atom is 0.0207 e. The van der Waals surface area contributed by atoms with Gasteiger partial charge in [-0.05, 0) is 44.0 Å². The molecule has 0 spiro atoms. The van der Waals surface area contributed by atoms with Gasteiger partial charge in [-0.15, -0.1) is 0 Å². The van der Waals surface area contributed by atoms with Gasteiger partial charge in [0.2, 0.25) is 0 Å². The first-order chi connectivity index (χ1) is 8.79. The molecule has 100 valence electrons. The highest BCUT2D eigenvalue weighted by Gasteiger charge is 2.21. The summed E-state index contributed by atoms with van der Waals surface area (Å²) in [7, 11) is 0. The van der Waals surface area contributed by atoms with Gasteiger partial charge >= 0.3 is 0 Å². The van der Waals surface area contributed by atoms with Crippen molar-refractivity contribution in [3.8, 4) is 0 Å². The predicted molar refractivity (Wildman–Crippen MR) is 78.0 cm³/mol. The molecule has 0 aliphatic carbocycles. The van der Waals surface area contributed by atoms with E-state index in [0.29, 0.717) is 5.92 Å². The second-order valence-electron chi connectivity index (χ2n) is 5.44. The van der Waals surface area contributed by atoms with Crippen LogP contribution in [0.3, 0.4) is 0 Å². The fourth-order valence-electron chi connectivity index (χ4n) is 2.82. The average Bonchev–Trinajstić information content (AvgIpc) is 2.85. The molecular formula is C16H26N2. The first-order valence-electron chi connectivity index (χ1n) is 7.30. The minimum absolute atomic E-state index is 0.671. The number of benzene rings is 1. The Morgan fingerprint density at radius 3 is 2.83 bits per heavy atom. The summed E-state index contributed by atoms with van der Waals surface area (Å²) in [5.41, 5.74) is 1.47. The van der Waals surface area contributed by atoms with Gasteiger partial charge in [0.15, 0.2) is 0 Å². The molecular weight excluding hydrogens is 220 g/mol. The summed E-state index contributed by atoms with van der Waals surface area (Å²) in [6.45, 7) is 9.36. The maximum absolute atomic E-state index is 3.55. The average molecular weight is 246 g/mol. The van der Waals surface area contributed by atoms with Crippen LogP contribution >= 0.6 is 0 Å². The van der Waals surface area contributed by atoms with E-state index in [0.717, 1.165) is 12.6 Å². The van der Waals surface area contributed by atoms with E-state index in [4.69, 9.17) is 0 Å². The van der Waals surface area contributed by atoms with Crippen LogP contribution in [0.15, 0.2) is 30.3 Å². The zero-order valence-corrected chi connectivity index (χ0v) is 11.7. The van der Waals surface area contributed by atoms with Gasteiger partial charge in [0.05, 0.1) is 0 Å². The number of likely N-dealkylation sites (N-methyl/N-ethyl adjacent to an activating group) is 1. The molecule has 0 radical (unpaired) electrons. The van der Waals surface area contributed by atoms with Crippen molar-refractivity contribution >= 4 is 0 Å². The van der Waals surface area contributed by atoms with Crippen molar-refractivity contribution in [3.05, 3.63) is 35.9 Å². The minimum atomic E-state index is 0.671. The van der Waals surface area contributed by atoms with Crippen LogP contribution in [0.1, 0.15) is 38.2 Å². The summed E-state index contributed by atoms with van der Waals surface area (Å²) in [6, 6.07) is 11.6. The Kier molecular flexibility index (Phi) is 5.21. The Labute approximate surface area is 111 Å². The Morgan fingerprint density at radius 1 is 1.33 bits per heavy atom. The van der Waals surface area contributed by atoms with Crippen molar-refractivity contribution in [1.82, 2.24) is 10.2 Å². The predicted octanol–water partition coefficient (Wildman–Crippen LogP) is 2.86. The third-order valence-corrected chi connectivity index (χ3v) is 4.01. The smallest absolute Gasteiger partial charge is 0.0207 e. The molecule has 0 amide bonds. The summed E-state index contributed by atoms with van der Waals surface area (Å²) in [5.74, 6) is 0.671. The van der Waals surface area contributed by atoms with Gasteiger partial charge in [-0.3, -0.25) is 0 Å². The monoisotopic (exact) mass is 246 g/mol. The Morgan fingerprint density at radius 2 is 2.11 bits per heavy atom. The molecule has 0 bridgehead atoms. The van der Waals surface area contributed by atoms with Crippen LogP contribution in [0.4, 0.5) is 0 Å². The van der Waals surface area contributed by atoms with Gasteiger partial charge in [0, 0.05) is 12.6 Å². The van der Waals surface area contributed by atoms with Crippen LogP contribution in [0.5, 0.6) is 0 Å². The molecule has 1 saturated heterocycles. The van der Waals surface area contributed by atoms with E-state index in [1.54, 1.807) is 0 Å². The quantitative estimate of drug-likeness (QED) is 0.830. The summed E-state index contributed by atoms with van der Waals surface area (Å²) >= 11 is 0. The summed E-state index contributed by atoms with van der Waals surface area (Å²) in [6.07, 6.45) is 2.58. The molecule has 2 heteroatoms. The van der Waals surface area contributed by atoms with Crippen molar-refractivity contribution in [2.45, 2.75) is 38.6 Å². The van der Waals surface area contributed by atoms with Crippen LogP contribution in [0.25, 0.3) is 0 Å². The summed E-state index contributed by atoms with van der Waals surface area (Å²) in [5, 5.41) is 3.55. The summed E-state index contributed by atoms with van der Waals surface area (Å²) in [4.78, 5) is 2.60. The number of nitrogens with one attached hydrogen (secondary N) is 1. The van der Waals surface area contributed by atoms with Gasteiger partial charge in [0.1, 0.15) is 0 Å². The van der Waals surface area contributed by atoms with E-state index in [1.807, 2.05) is 0 Å². The normalized spacial score (nSPS) is 22.2. The molecule has 1 aliphatic heterocycles. The van der Waals surface area contributed by atoms with Gasteiger partial charge in [-0.2, -0.15) is 0 Å². The fraction of sp³-hybridized carbons (Fsp3) is 0.625. The Balaban J connectivity index is 1.72. The molecule has 0 saturated carbocycles. The number of hydrogen-bond donors (Lipinski definition) is 1. The van der Waals surface area contributed by atoms with E-state index in [2.05, 4.69) is 54.4 Å². The highest BCUT2D eigenvalue weighted by Crippen LogP contribution is 2.20. The van der Waals surface area contributed by atoms with E-state index in [9.17, 15) is 0 Å². The molecule has 2 atom stereocenters. The second kappa shape index (κ2) is 6.91. The fourth-order valence-corrected chi connectivity index (χ4v) is 2.82. The molecule has 1 N–H and O–H groups in total. The van der Waals surface area contributed by atoms with Gasteiger partial charge in [-0.1, -0.05) is 44.2 Å². The molecule has 2 nitrogen and oxygen atoms in total. The molecule has 1 aliphatic rings. The number of rotatable bonds is 6. The van der Waals surface area contributed by atoms with E-state index in [1.165, 1.54) is 38.0 Å². The van der Waals surface area contributed by atoms with Crippen LogP contribution in [0.2, 0.25) is 0 Å². The largest absolute Gasteiger partial charge is 0.313 e. The number of hydrogen-bond acceptors (Lipinski definition) is 2. The molecule has 0 aromatic heterocycles. The first kappa shape index (κ1) is 13.6. The van der Waals surface area contributed by atoms with Gasteiger partial charge in [0.25, 0.3) is 0 Å². The lowest BCUT2D eigenvalue weighted by Crippen LogP contribution is -2.32. The van der Waals surface area contributed by atoms with Gasteiger partial charge < -0.3 is 10.2 Å². The lowest BCUT2D eigenvalue weighted by Gasteiger charge is -2.19. The van der Waals surface area contributed by atoms with Crippen molar-refractivity contribution < 1.29 is 0 Å². The zero-order valence-electron chi connectivity index (χ0n) is 11.7. The third kappa shape index (κ3) is 3.82. The van der Waals surface area contributed by atoms with E-state index >= 15 is 0 Å². The lowest BCUT2D eigenvalue weighted by atomic mass is 9.98. The second-order valence-corrected chi connectivity index (χ2v) is 5.44.